The Morgan fingerprint density at radius 3 is 2.71 bits per heavy atom. The third-order valence-corrected chi connectivity index (χ3v) is 8.46. The standard InChI is InChI=1S/C28H34N2O4/c1-18-25-15-20-8-9-23(34-2)16-24(20)28(18,11-13-30(25)17-19-6-7-19)10-12-29-26(31)21-4-3-5-22(14-21)27(32)33/h3-5,8-9,14,16,18-19,25H,6-7,10-13,15,17H2,1-2H3,(H,29,31)(H,32,33)/t18-,25+,28+/m0/s1. The normalized spacial score (nSPS) is 25.9. The number of carboxylic acids is 1. The Labute approximate surface area is 201 Å². The van der Waals surface area contributed by atoms with Crippen LogP contribution in [-0.2, 0) is 11.8 Å². The molecule has 3 aliphatic rings. The first-order chi connectivity index (χ1) is 16.4. The van der Waals surface area contributed by atoms with Crippen LogP contribution in [0.1, 0.15) is 64.4 Å². The Hall–Kier alpha value is -2.86. The minimum absolute atomic E-state index is 0.0109. The summed E-state index contributed by atoms with van der Waals surface area (Å²) in [5, 5.41) is 12.3. The number of carbonyl (C=O) groups is 2. The smallest absolute Gasteiger partial charge is 0.335 e. The van der Waals surface area contributed by atoms with Gasteiger partial charge in [-0.05, 0) is 91.9 Å². The zero-order chi connectivity index (χ0) is 23.9. The van der Waals surface area contributed by atoms with Gasteiger partial charge in [0.25, 0.3) is 5.91 Å². The van der Waals surface area contributed by atoms with Crippen molar-refractivity contribution in [3.63, 3.8) is 0 Å². The Kier molecular flexibility index (Phi) is 6.11. The first-order valence-corrected chi connectivity index (χ1v) is 12.4. The number of rotatable bonds is 8. The highest BCUT2D eigenvalue weighted by Crippen LogP contribution is 2.52. The van der Waals surface area contributed by atoms with Crippen molar-refractivity contribution < 1.29 is 19.4 Å². The van der Waals surface area contributed by atoms with E-state index >= 15 is 0 Å². The molecule has 2 fully saturated rings. The van der Waals surface area contributed by atoms with Gasteiger partial charge >= 0.3 is 5.97 Å². The lowest BCUT2D eigenvalue weighted by atomic mass is 9.56. The number of likely N-dealkylation sites (tertiary alicyclic amines) is 1. The molecule has 0 aromatic heterocycles. The molecule has 6 heteroatoms. The molecule has 2 aromatic carbocycles. The van der Waals surface area contributed by atoms with Gasteiger partial charge in [0.1, 0.15) is 5.75 Å². The summed E-state index contributed by atoms with van der Waals surface area (Å²) in [7, 11) is 1.72. The lowest BCUT2D eigenvalue weighted by Gasteiger charge is -2.56. The molecule has 1 heterocycles. The number of methoxy groups -OCH3 is 1. The first-order valence-electron chi connectivity index (χ1n) is 12.4. The molecular formula is C28H34N2O4. The van der Waals surface area contributed by atoms with Gasteiger partial charge in [-0.25, -0.2) is 4.79 Å². The van der Waals surface area contributed by atoms with E-state index in [0.29, 0.717) is 24.1 Å². The lowest BCUT2D eigenvalue weighted by molar-refractivity contribution is 0.0159. The van der Waals surface area contributed by atoms with Crippen molar-refractivity contribution in [1.29, 1.82) is 0 Å². The summed E-state index contributed by atoms with van der Waals surface area (Å²) in [6, 6.07) is 13.3. The molecule has 6 nitrogen and oxygen atoms in total. The van der Waals surface area contributed by atoms with E-state index in [1.165, 1.54) is 42.6 Å². The number of nitrogens with one attached hydrogen (secondary N) is 1. The third-order valence-electron chi connectivity index (χ3n) is 8.46. The number of benzene rings is 2. The number of ether oxygens (including phenoxy) is 1. The number of carboxylic acid groups (broad SMARTS) is 1. The largest absolute Gasteiger partial charge is 0.497 e. The lowest BCUT2D eigenvalue weighted by Crippen LogP contribution is -2.60. The maximum atomic E-state index is 12.8. The Balaban J connectivity index is 1.37. The summed E-state index contributed by atoms with van der Waals surface area (Å²) in [6.45, 7) is 5.25. The van der Waals surface area contributed by atoms with E-state index in [1.807, 2.05) is 0 Å². The van der Waals surface area contributed by atoms with Gasteiger partial charge in [0.2, 0.25) is 0 Å². The van der Waals surface area contributed by atoms with Crippen molar-refractivity contribution in [1.82, 2.24) is 10.2 Å². The molecule has 5 rings (SSSR count). The van der Waals surface area contributed by atoms with Crippen LogP contribution in [-0.4, -0.2) is 54.7 Å². The summed E-state index contributed by atoms with van der Waals surface area (Å²) in [4.78, 5) is 26.8. The quantitative estimate of drug-likeness (QED) is 0.617. The van der Waals surface area contributed by atoms with Gasteiger partial charge in [-0.1, -0.05) is 19.1 Å². The van der Waals surface area contributed by atoms with E-state index in [0.717, 1.165) is 37.5 Å². The molecule has 1 amide bonds. The van der Waals surface area contributed by atoms with Crippen molar-refractivity contribution in [3.8, 4) is 5.75 Å². The maximum Gasteiger partial charge on any atom is 0.335 e. The minimum atomic E-state index is -1.03. The van der Waals surface area contributed by atoms with E-state index < -0.39 is 5.97 Å². The van der Waals surface area contributed by atoms with Crippen molar-refractivity contribution in [2.75, 3.05) is 26.7 Å². The fourth-order valence-electron chi connectivity index (χ4n) is 6.30. The number of fused-ring (bicyclic) bond motifs is 4. The monoisotopic (exact) mass is 462 g/mol. The van der Waals surface area contributed by atoms with Gasteiger partial charge in [-0.3, -0.25) is 9.69 Å². The minimum Gasteiger partial charge on any atom is -0.497 e. The summed E-state index contributed by atoms with van der Waals surface area (Å²) >= 11 is 0. The predicted molar refractivity (Wildman–Crippen MR) is 131 cm³/mol. The molecule has 34 heavy (non-hydrogen) atoms. The molecule has 2 aliphatic carbocycles. The number of carbonyl (C=O) groups excluding carboxylic acids is 1. The molecule has 1 aliphatic heterocycles. The summed E-state index contributed by atoms with van der Waals surface area (Å²) < 4.78 is 5.58. The van der Waals surface area contributed by atoms with Crippen molar-refractivity contribution in [2.24, 2.45) is 11.8 Å². The van der Waals surface area contributed by atoms with Crippen LogP contribution in [0.25, 0.3) is 0 Å². The second-order valence-electron chi connectivity index (χ2n) is 10.3. The highest BCUT2D eigenvalue weighted by Gasteiger charge is 2.51. The molecule has 2 N–H and O–H groups in total. The van der Waals surface area contributed by atoms with E-state index in [2.05, 4.69) is 35.3 Å². The zero-order valence-electron chi connectivity index (χ0n) is 20.0. The summed E-state index contributed by atoms with van der Waals surface area (Å²) in [6.07, 6.45) is 5.73. The third kappa shape index (κ3) is 4.20. The Morgan fingerprint density at radius 1 is 1.18 bits per heavy atom. The molecule has 3 atom stereocenters. The number of aromatic carboxylic acids is 1. The molecular weight excluding hydrogens is 428 g/mol. The van der Waals surface area contributed by atoms with Crippen LogP contribution in [0, 0.1) is 11.8 Å². The summed E-state index contributed by atoms with van der Waals surface area (Å²) in [5.41, 5.74) is 3.28. The average Bonchev–Trinajstić information content (AvgIpc) is 3.66. The SMILES string of the molecule is COc1ccc2c(c1)[C@]1(CCNC(=O)c3cccc(C(=O)O)c3)CCN(CC3CC3)[C@H](C2)[C@@H]1C. The van der Waals surface area contributed by atoms with Gasteiger partial charge in [-0.15, -0.1) is 0 Å². The predicted octanol–water partition coefficient (Wildman–Crippen LogP) is 4.13. The van der Waals surface area contributed by atoms with Gasteiger partial charge in [0.15, 0.2) is 0 Å². The van der Waals surface area contributed by atoms with Crippen LogP contribution in [0.5, 0.6) is 5.75 Å². The number of hydrogen-bond acceptors (Lipinski definition) is 4. The van der Waals surface area contributed by atoms with Crippen molar-refractivity contribution in [3.05, 3.63) is 64.7 Å². The molecule has 1 saturated heterocycles. The zero-order valence-corrected chi connectivity index (χ0v) is 20.0. The average molecular weight is 463 g/mol. The summed E-state index contributed by atoms with van der Waals surface area (Å²) in [5.74, 6) is 0.985. The van der Waals surface area contributed by atoms with E-state index in [-0.39, 0.29) is 16.9 Å². The highest BCUT2D eigenvalue weighted by molar-refractivity contribution is 5.97. The molecule has 0 radical (unpaired) electrons. The molecule has 0 spiro atoms. The van der Waals surface area contributed by atoms with Crippen LogP contribution in [0.4, 0.5) is 0 Å². The topological polar surface area (TPSA) is 78.9 Å². The van der Waals surface area contributed by atoms with Crippen molar-refractivity contribution >= 4 is 11.9 Å². The van der Waals surface area contributed by atoms with Gasteiger partial charge in [0.05, 0.1) is 12.7 Å². The van der Waals surface area contributed by atoms with Crippen LogP contribution < -0.4 is 10.1 Å². The molecule has 2 bridgehead atoms. The number of nitrogens with zero attached hydrogens (tertiary/aromatic N) is 1. The van der Waals surface area contributed by atoms with Gasteiger partial charge < -0.3 is 15.2 Å². The van der Waals surface area contributed by atoms with Crippen LogP contribution in [0.2, 0.25) is 0 Å². The van der Waals surface area contributed by atoms with Crippen LogP contribution in [0.15, 0.2) is 42.5 Å². The fraction of sp³-hybridized carbons (Fsp3) is 0.500. The van der Waals surface area contributed by atoms with Crippen LogP contribution in [0.3, 0.4) is 0 Å². The van der Waals surface area contributed by atoms with E-state index in [4.69, 9.17) is 4.74 Å². The highest BCUT2D eigenvalue weighted by atomic mass is 16.5. The van der Waals surface area contributed by atoms with Crippen LogP contribution >= 0.6 is 0 Å². The first kappa shape index (κ1) is 22.9. The number of hydrogen-bond donors (Lipinski definition) is 2. The second kappa shape index (κ2) is 9.06. The van der Waals surface area contributed by atoms with Gasteiger partial charge in [-0.2, -0.15) is 0 Å². The molecule has 1 saturated carbocycles. The van der Waals surface area contributed by atoms with E-state index in [1.54, 1.807) is 19.2 Å². The Bertz CT molecular complexity index is 1100. The molecule has 0 unspecified atom stereocenters. The Morgan fingerprint density at radius 2 is 1.97 bits per heavy atom. The second-order valence-corrected chi connectivity index (χ2v) is 10.3. The molecule has 180 valence electrons. The maximum absolute atomic E-state index is 12.8. The van der Waals surface area contributed by atoms with Crippen molar-refractivity contribution in [2.45, 2.75) is 50.5 Å². The fourth-order valence-corrected chi connectivity index (χ4v) is 6.30. The molecule has 2 aromatic rings. The number of piperidine rings is 1. The van der Waals surface area contributed by atoms with Gasteiger partial charge in [0, 0.05) is 30.1 Å². The van der Waals surface area contributed by atoms with E-state index in [9.17, 15) is 14.7 Å². The number of amides is 1.